The summed E-state index contributed by atoms with van der Waals surface area (Å²) in [4.78, 5) is 0. The SMILES string of the molecule is C=C(C)CCCCC/C=C\CCCCCC. The predicted molar refractivity (Wildman–Crippen MR) is 75.8 cm³/mol. The Morgan fingerprint density at radius 1 is 0.875 bits per heavy atom. The maximum atomic E-state index is 3.92. The van der Waals surface area contributed by atoms with Crippen LogP contribution in [0.3, 0.4) is 0 Å². The molecular formula is C16H30. The van der Waals surface area contributed by atoms with Gasteiger partial charge in [-0.25, -0.2) is 0 Å². The molecule has 0 unspecified atom stereocenters. The van der Waals surface area contributed by atoms with Crippen molar-refractivity contribution in [3.63, 3.8) is 0 Å². The molecule has 0 aliphatic carbocycles. The normalized spacial score (nSPS) is 11.1. The number of rotatable bonds is 11. The summed E-state index contributed by atoms with van der Waals surface area (Å²) in [6.07, 6.45) is 18.0. The number of hydrogen-bond donors (Lipinski definition) is 0. The third-order valence-electron chi connectivity index (χ3n) is 2.87. The van der Waals surface area contributed by atoms with Crippen molar-refractivity contribution >= 4 is 0 Å². The summed E-state index contributed by atoms with van der Waals surface area (Å²) >= 11 is 0. The van der Waals surface area contributed by atoms with Crippen LogP contribution in [0.15, 0.2) is 24.3 Å². The Balaban J connectivity index is 3.06. The molecule has 0 rings (SSSR count). The Kier molecular flexibility index (Phi) is 12.1. The van der Waals surface area contributed by atoms with Gasteiger partial charge in [0.2, 0.25) is 0 Å². The molecule has 0 saturated carbocycles. The van der Waals surface area contributed by atoms with Gasteiger partial charge in [-0.2, -0.15) is 0 Å². The molecule has 0 saturated heterocycles. The van der Waals surface area contributed by atoms with E-state index in [-0.39, 0.29) is 0 Å². The number of allylic oxidation sites excluding steroid dienone is 3. The lowest BCUT2D eigenvalue weighted by Crippen LogP contribution is -1.78. The van der Waals surface area contributed by atoms with E-state index in [1.54, 1.807) is 0 Å². The minimum Gasteiger partial charge on any atom is -0.100 e. The molecule has 0 radical (unpaired) electrons. The molecule has 0 heteroatoms. The van der Waals surface area contributed by atoms with Crippen LogP contribution in [-0.4, -0.2) is 0 Å². The predicted octanol–water partition coefficient (Wildman–Crippen LogP) is 6.04. The largest absolute Gasteiger partial charge is 0.100 e. The molecule has 0 heterocycles. The van der Waals surface area contributed by atoms with E-state index in [4.69, 9.17) is 0 Å². The van der Waals surface area contributed by atoms with Crippen LogP contribution in [0.1, 0.15) is 78.1 Å². The third kappa shape index (κ3) is 13.5. The molecule has 0 aromatic carbocycles. The van der Waals surface area contributed by atoms with E-state index >= 15 is 0 Å². The summed E-state index contributed by atoms with van der Waals surface area (Å²) in [5.41, 5.74) is 1.33. The second-order valence-corrected chi connectivity index (χ2v) is 4.88. The van der Waals surface area contributed by atoms with Crippen LogP contribution in [0.25, 0.3) is 0 Å². The maximum Gasteiger partial charge on any atom is -0.0326 e. The molecular weight excluding hydrogens is 192 g/mol. The average Bonchev–Trinajstić information content (AvgIpc) is 2.25. The molecule has 0 aliphatic heterocycles. The fourth-order valence-corrected chi connectivity index (χ4v) is 1.79. The summed E-state index contributed by atoms with van der Waals surface area (Å²) in [7, 11) is 0. The highest BCUT2D eigenvalue weighted by molar-refractivity contribution is 4.87. The maximum absolute atomic E-state index is 3.92. The summed E-state index contributed by atoms with van der Waals surface area (Å²) in [5.74, 6) is 0. The highest BCUT2D eigenvalue weighted by atomic mass is 14.0. The second kappa shape index (κ2) is 12.5. The van der Waals surface area contributed by atoms with Crippen molar-refractivity contribution < 1.29 is 0 Å². The van der Waals surface area contributed by atoms with Crippen LogP contribution in [-0.2, 0) is 0 Å². The van der Waals surface area contributed by atoms with Crippen LogP contribution >= 0.6 is 0 Å². The van der Waals surface area contributed by atoms with E-state index in [0.717, 1.165) is 0 Å². The lowest BCUT2D eigenvalue weighted by Gasteiger charge is -1.98. The lowest BCUT2D eigenvalue weighted by atomic mass is 10.1. The van der Waals surface area contributed by atoms with Crippen molar-refractivity contribution in [2.75, 3.05) is 0 Å². The first kappa shape index (κ1) is 15.5. The van der Waals surface area contributed by atoms with Crippen molar-refractivity contribution in [3.05, 3.63) is 24.3 Å². The molecule has 0 nitrogen and oxygen atoms in total. The molecule has 0 aliphatic rings. The standard InChI is InChI=1S/C16H30/c1-4-5-6-7-8-9-10-11-12-13-14-15-16(2)3/h9-10H,2,4-8,11-15H2,1,3H3/b10-9-. The molecule has 94 valence electrons. The van der Waals surface area contributed by atoms with Crippen molar-refractivity contribution in [1.82, 2.24) is 0 Å². The second-order valence-electron chi connectivity index (χ2n) is 4.88. The van der Waals surface area contributed by atoms with Crippen LogP contribution in [0.5, 0.6) is 0 Å². The Morgan fingerprint density at radius 2 is 1.44 bits per heavy atom. The minimum atomic E-state index is 1.21. The van der Waals surface area contributed by atoms with E-state index in [9.17, 15) is 0 Å². The van der Waals surface area contributed by atoms with Crippen LogP contribution in [0.4, 0.5) is 0 Å². The zero-order valence-electron chi connectivity index (χ0n) is 11.4. The van der Waals surface area contributed by atoms with Gasteiger partial charge < -0.3 is 0 Å². The zero-order chi connectivity index (χ0) is 12.1. The Bertz CT molecular complexity index is 176. The number of unbranched alkanes of at least 4 members (excludes halogenated alkanes) is 7. The quantitative estimate of drug-likeness (QED) is 0.295. The van der Waals surface area contributed by atoms with Crippen molar-refractivity contribution in [2.24, 2.45) is 0 Å². The monoisotopic (exact) mass is 222 g/mol. The molecule has 0 atom stereocenters. The van der Waals surface area contributed by atoms with Gasteiger partial charge in [-0.05, 0) is 45.4 Å². The first-order valence-corrected chi connectivity index (χ1v) is 7.06. The molecule has 0 aromatic heterocycles. The van der Waals surface area contributed by atoms with Gasteiger partial charge in [0.05, 0.1) is 0 Å². The summed E-state index contributed by atoms with van der Waals surface area (Å²) in [6, 6.07) is 0. The minimum absolute atomic E-state index is 1.21. The van der Waals surface area contributed by atoms with Gasteiger partial charge >= 0.3 is 0 Å². The Morgan fingerprint density at radius 3 is 1.94 bits per heavy atom. The van der Waals surface area contributed by atoms with E-state index in [1.165, 1.54) is 69.8 Å². The lowest BCUT2D eigenvalue weighted by molar-refractivity contribution is 0.669. The summed E-state index contributed by atoms with van der Waals surface area (Å²) < 4.78 is 0. The molecule has 0 fully saturated rings. The van der Waals surface area contributed by atoms with Gasteiger partial charge in [0.15, 0.2) is 0 Å². The van der Waals surface area contributed by atoms with Crippen LogP contribution in [0, 0.1) is 0 Å². The first-order chi connectivity index (χ1) is 7.77. The van der Waals surface area contributed by atoms with Crippen molar-refractivity contribution in [2.45, 2.75) is 78.1 Å². The Hall–Kier alpha value is -0.520. The fourth-order valence-electron chi connectivity index (χ4n) is 1.79. The molecule has 0 N–H and O–H groups in total. The van der Waals surface area contributed by atoms with Gasteiger partial charge in [0.1, 0.15) is 0 Å². The molecule has 0 amide bonds. The number of hydrogen-bond acceptors (Lipinski definition) is 0. The smallest absolute Gasteiger partial charge is 0.0326 e. The zero-order valence-corrected chi connectivity index (χ0v) is 11.4. The topological polar surface area (TPSA) is 0 Å². The summed E-state index contributed by atoms with van der Waals surface area (Å²) in [5, 5.41) is 0. The fraction of sp³-hybridized carbons (Fsp3) is 0.750. The molecule has 0 bridgehead atoms. The van der Waals surface area contributed by atoms with Gasteiger partial charge in [-0.15, -0.1) is 6.58 Å². The van der Waals surface area contributed by atoms with Crippen molar-refractivity contribution in [1.29, 1.82) is 0 Å². The van der Waals surface area contributed by atoms with Gasteiger partial charge in [-0.1, -0.05) is 50.3 Å². The van der Waals surface area contributed by atoms with E-state index in [1.807, 2.05) is 0 Å². The van der Waals surface area contributed by atoms with Crippen LogP contribution < -0.4 is 0 Å². The van der Waals surface area contributed by atoms with Gasteiger partial charge in [-0.3, -0.25) is 0 Å². The van der Waals surface area contributed by atoms with E-state index in [0.29, 0.717) is 0 Å². The average molecular weight is 222 g/mol. The third-order valence-corrected chi connectivity index (χ3v) is 2.87. The molecule has 16 heavy (non-hydrogen) atoms. The van der Waals surface area contributed by atoms with Gasteiger partial charge in [0, 0.05) is 0 Å². The molecule has 0 spiro atoms. The highest BCUT2D eigenvalue weighted by Crippen LogP contribution is 2.09. The van der Waals surface area contributed by atoms with Crippen LogP contribution in [0.2, 0.25) is 0 Å². The first-order valence-electron chi connectivity index (χ1n) is 7.06. The Labute approximate surface area is 103 Å². The summed E-state index contributed by atoms with van der Waals surface area (Å²) in [6.45, 7) is 8.31. The van der Waals surface area contributed by atoms with E-state index in [2.05, 4.69) is 32.6 Å². The van der Waals surface area contributed by atoms with Crippen molar-refractivity contribution in [3.8, 4) is 0 Å². The van der Waals surface area contributed by atoms with Gasteiger partial charge in [0.25, 0.3) is 0 Å². The molecule has 0 aromatic rings. The van der Waals surface area contributed by atoms with E-state index < -0.39 is 0 Å². The highest BCUT2D eigenvalue weighted by Gasteiger charge is 1.89.